The van der Waals surface area contributed by atoms with Crippen molar-refractivity contribution in [3.05, 3.63) is 40.3 Å². The highest BCUT2D eigenvalue weighted by Crippen LogP contribution is 2.41. The first kappa shape index (κ1) is 18.8. The van der Waals surface area contributed by atoms with E-state index < -0.39 is 33.5 Å². The van der Waals surface area contributed by atoms with E-state index in [0.29, 0.717) is 10.6 Å². The van der Waals surface area contributed by atoms with Crippen LogP contribution in [-0.2, 0) is 32.5 Å². The van der Waals surface area contributed by atoms with E-state index in [1.54, 1.807) is 0 Å². The number of amides is 2. The number of fused-ring (bicyclic) bond motifs is 3. The third-order valence-corrected chi connectivity index (χ3v) is 7.03. The Hall–Kier alpha value is -2.56. The van der Waals surface area contributed by atoms with E-state index >= 15 is 0 Å². The van der Waals surface area contributed by atoms with Gasteiger partial charge in [-0.2, -0.15) is 0 Å². The molecule has 4 N–H and O–H groups in total. The van der Waals surface area contributed by atoms with Gasteiger partial charge in [0.15, 0.2) is 11.7 Å². The van der Waals surface area contributed by atoms with Crippen LogP contribution in [0.1, 0.15) is 33.6 Å². The number of benzene rings is 1. The molecule has 2 aromatic rings. The quantitative estimate of drug-likeness (QED) is 0.650. The lowest BCUT2D eigenvalue weighted by Crippen LogP contribution is -2.42. The average Bonchev–Trinajstić information content (AvgIpc) is 2.99. The molecule has 0 saturated carbocycles. The van der Waals surface area contributed by atoms with Crippen LogP contribution in [0.2, 0.25) is 0 Å². The maximum atomic E-state index is 13.0. The highest BCUT2D eigenvalue weighted by atomic mass is 32.2. The number of anilines is 2. The molecule has 146 valence electrons. The number of primary sulfonamides is 1. The van der Waals surface area contributed by atoms with Gasteiger partial charge in [0, 0.05) is 10.6 Å². The Morgan fingerprint density at radius 3 is 2.50 bits per heavy atom. The van der Waals surface area contributed by atoms with Crippen LogP contribution in [0.5, 0.6) is 0 Å². The number of sulfonamides is 1. The Morgan fingerprint density at radius 2 is 1.82 bits per heavy atom. The lowest BCUT2D eigenvalue weighted by atomic mass is 9.87. The van der Waals surface area contributed by atoms with Crippen molar-refractivity contribution < 1.29 is 22.8 Å². The fourth-order valence-corrected chi connectivity index (χ4v) is 5.36. The largest absolute Gasteiger partial charge is 0.325 e. The summed E-state index contributed by atoms with van der Waals surface area (Å²) in [5, 5.41) is 10.8. The zero-order valence-corrected chi connectivity index (χ0v) is 16.3. The number of hydrogen-bond acceptors (Lipinski definition) is 6. The Kier molecular flexibility index (Phi) is 4.56. The molecule has 0 bridgehead atoms. The van der Waals surface area contributed by atoms with Crippen LogP contribution in [0.15, 0.2) is 29.2 Å². The summed E-state index contributed by atoms with van der Waals surface area (Å²) in [6.45, 7) is 0. The molecule has 2 heterocycles. The first-order valence-corrected chi connectivity index (χ1v) is 11.1. The average molecular weight is 419 g/mol. The van der Waals surface area contributed by atoms with Crippen LogP contribution in [0.3, 0.4) is 0 Å². The van der Waals surface area contributed by atoms with E-state index in [1.165, 1.54) is 35.6 Å². The number of aryl methyl sites for hydroxylation is 1. The van der Waals surface area contributed by atoms with Crippen LogP contribution in [0.25, 0.3) is 0 Å². The van der Waals surface area contributed by atoms with Crippen molar-refractivity contribution in [2.75, 3.05) is 10.6 Å². The minimum Gasteiger partial charge on any atom is -0.325 e. The number of nitrogens with two attached hydrogens (primary N) is 1. The van der Waals surface area contributed by atoms with Gasteiger partial charge in [0.05, 0.1) is 10.5 Å². The van der Waals surface area contributed by atoms with Crippen LogP contribution in [0.4, 0.5) is 10.7 Å². The summed E-state index contributed by atoms with van der Waals surface area (Å²) in [5.41, 5.74) is 1.67. The molecule has 0 fully saturated rings. The van der Waals surface area contributed by atoms with Gasteiger partial charge in [-0.3, -0.25) is 14.4 Å². The van der Waals surface area contributed by atoms with Gasteiger partial charge in [0.2, 0.25) is 21.8 Å². The summed E-state index contributed by atoms with van der Waals surface area (Å²) in [6.07, 6.45) is 3.67. The molecule has 1 atom stereocenters. The summed E-state index contributed by atoms with van der Waals surface area (Å²) in [5.74, 6) is -3.38. The van der Waals surface area contributed by atoms with E-state index in [0.717, 1.165) is 36.1 Å². The third kappa shape index (κ3) is 3.23. The van der Waals surface area contributed by atoms with Gasteiger partial charge in [0.25, 0.3) is 0 Å². The van der Waals surface area contributed by atoms with Gasteiger partial charge in [-0.25, -0.2) is 13.6 Å². The number of rotatable bonds is 3. The van der Waals surface area contributed by atoms with Crippen molar-refractivity contribution >= 4 is 49.6 Å². The molecule has 1 aromatic heterocycles. The van der Waals surface area contributed by atoms with Gasteiger partial charge in [-0.1, -0.05) is 0 Å². The molecule has 1 aliphatic carbocycles. The van der Waals surface area contributed by atoms with Crippen molar-refractivity contribution in [3.63, 3.8) is 0 Å². The second-order valence-electron chi connectivity index (χ2n) is 6.76. The van der Waals surface area contributed by atoms with Gasteiger partial charge in [-0.05, 0) is 55.5 Å². The zero-order valence-electron chi connectivity index (χ0n) is 14.7. The number of thiophene rings is 1. The van der Waals surface area contributed by atoms with Gasteiger partial charge < -0.3 is 10.6 Å². The molecular weight excluding hydrogens is 402 g/mol. The monoisotopic (exact) mass is 419 g/mol. The molecule has 10 heteroatoms. The number of hydrogen-bond donors (Lipinski definition) is 3. The van der Waals surface area contributed by atoms with Crippen molar-refractivity contribution in [2.24, 2.45) is 11.1 Å². The summed E-state index contributed by atoms with van der Waals surface area (Å²) < 4.78 is 22.6. The number of ketones is 1. The Balaban J connectivity index is 1.59. The molecular formula is C18H17N3O5S2. The van der Waals surface area contributed by atoms with Crippen LogP contribution in [0, 0.1) is 5.92 Å². The Labute approximate surface area is 165 Å². The summed E-state index contributed by atoms with van der Waals surface area (Å²) in [4.78, 5) is 39.0. The van der Waals surface area contributed by atoms with Crippen molar-refractivity contribution in [1.82, 2.24) is 0 Å². The summed E-state index contributed by atoms with van der Waals surface area (Å²) >= 11 is 1.41. The van der Waals surface area contributed by atoms with Crippen LogP contribution in [-0.4, -0.2) is 26.0 Å². The number of Topliss-reactive ketones (excluding diaryl/α,β-unsaturated/α-hetero) is 1. The number of carbonyl (C=O) groups is 3. The van der Waals surface area contributed by atoms with Crippen molar-refractivity contribution in [2.45, 2.75) is 30.6 Å². The van der Waals surface area contributed by atoms with Gasteiger partial charge in [-0.15, -0.1) is 11.3 Å². The molecule has 0 saturated heterocycles. The fraction of sp³-hybridized carbons (Fsp3) is 0.278. The maximum absolute atomic E-state index is 13.0. The van der Waals surface area contributed by atoms with Crippen molar-refractivity contribution in [3.8, 4) is 0 Å². The maximum Gasteiger partial charge on any atom is 0.245 e. The second-order valence-corrected chi connectivity index (χ2v) is 9.43. The molecule has 1 unspecified atom stereocenters. The Morgan fingerprint density at radius 1 is 1.14 bits per heavy atom. The highest BCUT2D eigenvalue weighted by molar-refractivity contribution is 7.89. The topological polar surface area (TPSA) is 135 Å². The van der Waals surface area contributed by atoms with E-state index in [-0.39, 0.29) is 10.6 Å². The van der Waals surface area contributed by atoms with Crippen LogP contribution < -0.4 is 15.8 Å². The SMILES string of the molecule is NS(=O)(=O)c1ccc(NC(=O)C2C(=O)Nc3sc4c(c3C2=O)CCCC4)cc1. The fourth-order valence-electron chi connectivity index (χ4n) is 3.54. The first-order valence-electron chi connectivity index (χ1n) is 8.69. The first-order chi connectivity index (χ1) is 13.3. The predicted molar refractivity (Wildman–Crippen MR) is 104 cm³/mol. The van der Waals surface area contributed by atoms with E-state index in [2.05, 4.69) is 10.6 Å². The number of carbonyl (C=O) groups excluding carboxylic acids is 3. The highest BCUT2D eigenvalue weighted by Gasteiger charge is 2.43. The summed E-state index contributed by atoms with van der Waals surface area (Å²) in [7, 11) is -3.85. The lowest BCUT2D eigenvalue weighted by Gasteiger charge is -2.22. The van der Waals surface area contributed by atoms with Crippen LogP contribution >= 0.6 is 11.3 Å². The second kappa shape index (κ2) is 6.80. The molecule has 0 spiro atoms. The Bertz CT molecular complexity index is 1100. The molecule has 2 aliphatic rings. The van der Waals surface area contributed by atoms with Crippen molar-refractivity contribution in [1.29, 1.82) is 0 Å². The van der Waals surface area contributed by atoms with Gasteiger partial charge in [0.1, 0.15) is 5.00 Å². The van der Waals surface area contributed by atoms with E-state index in [4.69, 9.17) is 5.14 Å². The molecule has 1 aliphatic heterocycles. The minimum atomic E-state index is -3.85. The molecule has 28 heavy (non-hydrogen) atoms. The molecule has 8 nitrogen and oxygen atoms in total. The van der Waals surface area contributed by atoms with E-state index in [1.807, 2.05) is 0 Å². The number of nitrogens with one attached hydrogen (secondary N) is 2. The molecule has 0 radical (unpaired) electrons. The predicted octanol–water partition coefficient (Wildman–Crippen LogP) is 1.66. The third-order valence-electron chi connectivity index (χ3n) is 4.89. The zero-order chi connectivity index (χ0) is 20.1. The molecule has 1 aromatic carbocycles. The summed E-state index contributed by atoms with van der Waals surface area (Å²) in [6, 6.07) is 5.17. The minimum absolute atomic E-state index is 0.105. The molecule has 2 amide bonds. The normalized spacial score (nSPS) is 18.8. The standard InChI is InChI=1S/C18H17N3O5S2/c19-28(25,26)10-7-5-9(6-8-10)20-16(23)14-15(22)13-11-3-1-2-4-12(11)27-18(13)21-17(14)24/h5-8,14H,1-4H2,(H,20,23)(H,21,24)(H2,19,25,26). The van der Waals surface area contributed by atoms with E-state index in [9.17, 15) is 22.8 Å². The lowest BCUT2D eigenvalue weighted by molar-refractivity contribution is -0.127. The molecule has 4 rings (SSSR count). The van der Waals surface area contributed by atoms with Gasteiger partial charge >= 0.3 is 0 Å². The smallest absolute Gasteiger partial charge is 0.245 e.